The molecule has 0 bridgehead atoms. The summed E-state index contributed by atoms with van der Waals surface area (Å²) in [7, 11) is 0. The molecule has 21 heavy (non-hydrogen) atoms. The number of halogens is 3. The Kier molecular flexibility index (Phi) is 5.31. The standard InChI is InChI=1S/C16H16BrF2NO/c1-3-20-10(2)11-4-7-16(13(17)8-11)21-12-5-6-14(18)15(19)9-12/h4-10,20H,3H2,1-2H3. The van der Waals surface area contributed by atoms with E-state index in [0.717, 1.165) is 28.7 Å². The second-order valence-corrected chi connectivity index (χ2v) is 5.50. The lowest BCUT2D eigenvalue weighted by atomic mass is 10.1. The van der Waals surface area contributed by atoms with Gasteiger partial charge in [0.05, 0.1) is 4.47 Å². The van der Waals surface area contributed by atoms with E-state index in [1.165, 1.54) is 6.07 Å². The minimum atomic E-state index is -0.930. The van der Waals surface area contributed by atoms with Crippen molar-refractivity contribution < 1.29 is 13.5 Å². The number of hydrogen-bond acceptors (Lipinski definition) is 2. The van der Waals surface area contributed by atoms with Crippen LogP contribution in [0.4, 0.5) is 8.78 Å². The monoisotopic (exact) mass is 355 g/mol. The first-order valence-corrected chi connectivity index (χ1v) is 7.46. The second kappa shape index (κ2) is 7.00. The van der Waals surface area contributed by atoms with E-state index in [4.69, 9.17) is 4.74 Å². The van der Waals surface area contributed by atoms with Gasteiger partial charge in [0, 0.05) is 12.1 Å². The topological polar surface area (TPSA) is 21.3 Å². The van der Waals surface area contributed by atoms with Crippen LogP contribution >= 0.6 is 15.9 Å². The van der Waals surface area contributed by atoms with Gasteiger partial charge in [-0.2, -0.15) is 0 Å². The van der Waals surface area contributed by atoms with Gasteiger partial charge in [0.15, 0.2) is 11.6 Å². The summed E-state index contributed by atoms with van der Waals surface area (Å²) in [4.78, 5) is 0. The lowest BCUT2D eigenvalue weighted by molar-refractivity contribution is 0.459. The highest BCUT2D eigenvalue weighted by Crippen LogP contribution is 2.32. The zero-order chi connectivity index (χ0) is 15.4. The van der Waals surface area contributed by atoms with Gasteiger partial charge >= 0.3 is 0 Å². The summed E-state index contributed by atoms with van der Waals surface area (Å²) in [5, 5.41) is 3.32. The molecule has 0 aliphatic heterocycles. The fourth-order valence-electron chi connectivity index (χ4n) is 1.96. The van der Waals surface area contributed by atoms with Crippen molar-refractivity contribution in [2.24, 2.45) is 0 Å². The molecule has 5 heteroatoms. The number of hydrogen-bond donors (Lipinski definition) is 1. The summed E-state index contributed by atoms with van der Waals surface area (Å²) >= 11 is 3.44. The molecule has 0 saturated heterocycles. The van der Waals surface area contributed by atoms with E-state index >= 15 is 0 Å². The van der Waals surface area contributed by atoms with E-state index in [-0.39, 0.29) is 11.8 Å². The molecule has 2 nitrogen and oxygen atoms in total. The molecule has 0 saturated carbocycles. The van der Waals surface area contributed by atoms with Gasteiger partial charge in [0.25, 0.3) is 0 Å². The third-order valence-electron chi connectivity index (χ3n) is 3.09. The molecule has 0 spiro atoms. The highest BCUT2D eigenvalue weighted by atomic mass is 79.9. The molecule has 2 aromatic carbocycles. The lowest BCUT2D eigenvalue weighted by Gasteiger charge is -2.15. The van der Waals surface area contributed by atoms with Crippen LogP contribution in [0.15, 0.2) is 40.9 Å². The Bertz CT molecular complexity index is 634. The Balaban J connectivity index is 2.19. The van der Waals surface area contributed by atoms with Crippen molar-refractivity contribution in [3.8, 4) is 11.5 Å². The van der Waals surface area contributed by atoms with Gasteiger partial charge in [-0.15, -0.1) is 0 Å². The van der Waals surface area contributed by atoms with Crippen LogP contribution in [0.1, 0.15) is 25.5 Å². The first-order valence-electron chi connectivity index (χ1n) is 6.67. The molecule has 0 aliphatic carbocycles. The summed E-state index contributed by atoms with van der Waals surface area (Å²) in [6.45, 7) is 5.00. The first-order chi connectivity index (χ1) is 10.0. The van der Waals surface area contributed by atoms with Gasteiger partial charge < -0.3 is 10.1 Å². The highest BCUT2D eigenvalue weighted by molar-refractivity contribution is 9.10. The molecular weight excluding hydrogens is 340 g/mol. The molecule has 1 N–H and O–H groups in total. The van der Waals surface area contributed by atoms with E-state index in [1.54, 1.807) is 6.07 Å². The minimum absolute atomic E-state index is 0.226. The molecule has 0 amide bonds. The SMILES string of the molecule is CCNC(C)c1ccc(Oc2ccc(F)c(F)c2)c(Br)c1. The number of rotatable bonds is 5. The number of benzene rings is 2. The maximum atomic E-state index is 13.2. The molecule has 2 aromatic rings. The molecule has 0 fully saturated rings. The van der Waals surface area contributed by atoms with Crippen molar-refractivity contribution >= 4 is 15.9 Å². The molecule has 0 aromatic heterocycles. The maximum Gasteiger partial charge on any atom is 0.162 e. The van der Waals surface area contributed by atoms with Gasteiger partial charge in [-0.05, 0) is 59.2 Å². The fourth-order valence-corrected chi connectivity index (χ4v) is 2.44. The predicted octanol–water partition coefficient (Wildman–Crippen LogP) is 5.19. The summed E-state index contributed by atoms with van der Waals surface area (Å²) < 4.78 is 32.4. The summed E-state index contributed by atoms with van der Waals surface area (Å²) in [6, 6.07) is 9.37. The molecule has 2 rings (SSSR count). The van der Waals surface area contributed by atoms with Crippen LogP contribution in [0.2, 0.25) is 0 Å². The minimum Gasteiger partial charge on any atom is -0.456 e. The highest BCUT2D eigenvalue weighted by Gasteiger charge is 2.10. The summed E-state index contributed by atoms with van der Waals surface area (Å²) in [6.07, 6.45) is 0. The molecule has 1 unspecified atom stereocenters. The summed E-state index contributed by atoms with van der Waals surface area (Å²) in [5.74, 6) is -1.02. The van der Waals surface area contributed by atoms with Crippen LogP contribution in [0.25, 0.3) is 0 Å². The van der Waals surface area contributed by atoms with E-state index in [1.807, 2.05) is 19.1 Å². The molecule has 0 heterocycles. The molecule has 0 radical (unpaired) electrons. The van der Waals surface area contributed by atoms with E-state index < -0.39 is 11.6 Å². The Morgan fingerprint density at radius 1 is 1.14 bits per heavy atom. The van der Waals surface area contributed by atoms with Crippen molar-refractivity contribution in [2.45, 2.75) is 19.9 Å². The van der Waals surface area contributed by atoms with E-state index in [9.17, 15) is 8.78 Å². The van der Waals surface area contributed by atoms with Crippen molar-refractivity contribution in [2.75, 3.05) is 6.54 Å². The second-order valence-electron chi connectivity index (χ2n) is 4.65. The van der Waals surface area contributed by atoms with Gasteiger partial charge in [-0.25, -0.2) is 8.78 Å². The largest absolute Gasteiger partial charge is 0.456 e. The van der Waals surface area contributed by atoms with Crippen molar-refractivity contribution in [1.82, 2.24) is 5.32 Å². The third kappa shape index (κ3) is 4.02. The Hall–Kier alpha value is -1.46. The van der Waals surface area contributed by atoms with Crippen molar-refractivity contribution in [3.05, 3.63) is 58.1 Å². The van der Waals surface area contributed by atoms with Gasteiger partial charge in [-0.1, -0.05) is 13.0 Å². The molecular formula is C16H16BrF2NO. The molecule has 112 valence electrons. The average molecular weight is 356 g/mol. The smallest absolute Gasteiger partial charge is 0.162 e. The van der Waals surface area contributed by atoms with Crippen LogP contribution in [0.5, 0.6) is 11.5 Å². The lowest BCUT2D eigenvalue weighted by Crippen LogP contribution is -2.17. The summed E-state index contributed by atoms with van der Waals surface area (Å²) in [5.41, 5.74) is 1.11. The molecule has 1 atom stereocenters. The maximum absolute atomic E-state index is 13.2. The van der Waals surface area contributed by atoms with Crippen LogP contribution in [0.3, 0.4) is 0 Å². The zero-order valence-corrected chi connectivity index (χ0v) is 13.4. The van der Waals surface area contributed by atoms with Gasteiger partial charge in [-0.3, -0.25) is 0 Å². The molecule has 0 aliphatic rings. The van der Waals surface area contributed by atoms with Crippen molar-refractivity contribution in [1.29, 1.82) is 0 Å². The van der Waals surface area contributed by atoms with Crippen LogP contribution in [0, 0.1) is 11.6 Å². The quantitative estimate of drug-likeness (QED) is 0.796. The van der Waals surface area contributed by atoms with E-state index in [2.05, 4.69) is 28.2 Å². The van der Waals surface area contributed by atoms with Crippen LogP contribution in [-0.2, 0) is 0 Å². The van der Waals surface area contributed by atoms with Gasteiger partial charge in [0.1, 0.15) is 11.5 Å². The normalized spacial score (nSPS) is 12.2. The number of nitrogens with one attached hydrogen (secondary N) is 1. The Morgan fingerprint density at radius 3 is 2.52 bits per heavy atom. The number of ether oxygens (including phenoxy) is 1. The Labute approximate surface area is 131 Å². The zero-order valence-electron chi connectivity index (χ0n) is 11.8. The van der Waals surface area contributed by atoms with Crippen LogP contribution in [-0.4, -0.2) is 6.54 Å². The third-order valence-corrected chi connectivity index (χ3v) is 3.70. The first kappa shape index (κ1) is 15.9. The average Bonchev–Trinajstić information content (AvgIpc) is 2.45. The van der Waals surface area contributed by atoms with Gasteiger partial charge in [0.2, 0.25) is 0 Å². The predicted molar refractivity (Wildman–Crippen MR) is 82.7 cm³/mol. The fraction of sp³-hybridized carbons (Fsp3) is 0.250. The van der Waals surface area contributed by atoms with Crippen molar-refractivity contribution in [3.63, 3.8) is 0 Å². The van der Waals surface area contributed by atoms with Crippen LogP contribution < -0.4 is 10.1 Å². The Morgan fingerprint density at radius 2 is 1.90 bits per heavy atom. The van der Waals surface area contributed by atoms with E-state index in [0.29, 0.717) is 5.75 Å².